The van der Waals surface area contributed by atoms with E-state index in [1.54, 1.807) is 11.6 Å². The first-order valence-electron chi connectivity index (χ1n) is 23.2. The maximum Gasteiger partial charge on any atom is 0.263 e. The van der Waals surface area contributed by atoms with Gasteiger partial charge < -0.3 is 29.6 Å². The number of carbonyl (C=O) groups is 1. The van der Waals surface area contributed by atoms with Gasteiger partial charge >= 0.3 is 0 Å². The number of fused-ring (bicyclic) bond motifs is 3. The Hall–Kier alpha value is -6.12. The fourth-order valence-electron chi connectivity index (χ4n) is 11.2. The van der Waals surface area contributed by atoms with E-state index in [1.165, 1.54) is 37.8 Å². The molecule has 1 aliphatic carbocycles. The Balaban J connectivity index is 0.811. The van der Waals surface area contributed by atoms with Crippen molar-refractivity contribution < 1.29 is 14.3 Å². The van der Waals surface area contributed by atoms with Gasteiger partial charge in [0, 0.05) is 60.5 Å². The van der Waals surface area contributed by atoms with Crippen molar-refractivity contribution in [3.8, 4) is 11.8 Å². The summed E-state index contributed by atoms with van der Waals surface area (Å²) in [7, 11) is 0. The van der Waals surface area contributed by atoms with Crippen molar-refractivity contribution in [1.82, 2.24) is 24.6 Å². The second-order valence-electron chi connectivity index (χ2n) is 18.8. The van der Waals surface area contributed by atoms with Crippen LogP contribution in [0.2, 0.25) is 0 Å². The molecule has 1 amide bonds. The zero-order chi connectivity index (χ0) is 44.1. The van der Waals surface area contributed by atoms with Gasteiger partial charge in [-0.3, -0.25) is 14.4 Å². The molecule has 3 aromatic heterocycles. The van der Waals surface area contributed by atoms with E-state index in [1.807, 2.05) is 36.5 Å². The number of carbonyl (C=O) groups excluding carboxylic acids is 1. The molecule has 1 spiro atoms. The van der Waals surface area contributed by atoms with E-state index >= 15 is 0 Å². The van der Waals surface area contributed by atoms with Gasteiger partial charge in [0.05, 0.1) is 23.8 Å². The molecule has 1 saturated carbocycles. The topological polar surface area (TPSA) is 140 Å². The number of benzene rings is 3. The summed E-state index contributed by atoms with van der Waals surface area (Å²) < 4.78 is 15.2. The number of nitrogens with one attached hydrogen (secondary N) is 3. The fraction of sp³-hybridized carbons (Fsp3) is 0.392. The van der Waals surface area contributed by atoms with Crippen molar-refractivity contribution in [2.45, 2.75) is 87.9 Å². The fourth-order valence-corrected chi connectivity index (χ4v) is 11.8. The van der Waals surface area contributed by atoms with E-state index in [0.29, 0.717) is 65.3 Å². The number of rotatable bonds is 11. The number of nitrogens with zero attached hydrogens (tertiary/aromatic N) is 6. The maximum atomic E-state index is 14.4. The standard InChI is InChI=1S/C51H55N9O4S/c1-32(2)38-11-6-7-12-39(38)42-13-8-20-59(42)37-29-51(30-37)17-21-58(22-18-51)36-14-15-40(43(27-36)60-23-24-63-49-44(60)26-34-16-19-52-47(34)55-49)48(61)57-65-45-28-41(56-62)46-50(54-45)64-31-35(53-46)25-33-9-4-3-5-10-33/h3-7,9-12,14-16,19,26-28,32,35,37,42,53H,8,13,17-18,20-25,29-31H2,1-2H3,(H,52,55)(H,57,61)/t35-,42?/m0/s1. The summed E-state index contributed by atoms with van der Waals surface area (Å²) in [5, 5.41) is 8.07. The van der Waals surface area contributed by atoms with Crippen molar-refractivity contribution in [1.29, 1.82) is 0 Å². The minimum Gasteiger partial charge on any atom is -0.474 e. The maximum absolute atomic E-state index is 14.4. The molecule has 7 heterocycles. The van der Waals surface area contributed by atoms with Crippen LogP contribution in [0.3, 0.4) is 0 Å². The SMILES string of the molecule is CC(C)c1ccccc1C1CCCN1C1CC2(CCN(c3ccc(C(=O)NSc4cc(N=O)c5c(n4)OC[C@H](Cc4ccccc4)N5)c(N4CCOc5nc6[nH]ccc6cc54)c3)CC2)C1. The van der Waals surface area contributed by atoms with E-state index < -0.39 is 0 Å². The molecule has 2 saturated heterocycles. The predicted molar refractivity (Wildman–Crippen MR) is 257 cm³/mol. The monoisotopic (exact) mass is 889 g/mol. The number of hydrogen-bond acceptors (Lipinski definition) is 12. The number of nitroso groups, excluding NO2 is 1. The number of pyridine rings is 2. The lowest BCUT2D eigenvalue weighted by Crippen LogP contribution is -2.55. The highest BCUT2D eigenvalue weighted by atomic mass is 32.2. The second-order valence-corrected chi connectivity index (χ2v) is 19.6. The van der Waals surface area contributed by atoms with Crippen LogP contribution < -0.4 is 29.3 Å². The molecule has 3 aromatic carbocycles. The molecule has 0 radical (unpaired) electrons. The minimum absolute atomic E-state index is 0.0521. The molecule has 65 heavy (non-hydrogen) atoms. The third kappa shape index (κ3) is 8.05. The number of amides is 1. The largest absolute Gasteiger partial charge is 0.474 e. The summed E-state index contributed by atoms with van der Waals surface area (Å²) in [6, 6.07) is 32.2. The van der Waals surface area contributed by atoms with Gasteiger partial charge in [0.1, 0.15) is 40.9 Å². The Morgan fingerprint density at radius 3 is 2.58 bits per heavy atom. The van der Waals surface area contributed by atoms with Gasteiger partial charge in [0.25, 0.3) is 5.91 Å². The van der Waals surface area contributed by atoms with Gasteiger partial charge in [-0.2, -0.15) is 4.98 Å². The molecule has 334 valence electrons. The minimum atomic E-state index is -0.295. The molecule has 3 N–H and O–H groups in total. The molecule has 6 aromatic rings. The quantitative estimate of drug-likeness (QED) is 0.0846. The predicted octanol–water partition coefficient (Wildman–Crippen LogP) is 10.4. The Labute approximate surface area is 383 Å². The van der Waals surface area contributed by atoms with Crippen molar-refractivity contribution in [2.75, 3.05) is 54.5 Å². The average Bonchev–Trinajstić information content (AvgIpc) is 4.01. The third-order valence-electron chi connectivity index (χ3n) is 14.5. The molecule has 5 aliphatic rings. The second kappa shape index (κ2) is 17.4. The van der Waals surface area contributed by atoms with Crippen molar-refractivity contribution in [3.05, 3.63) is 124 Å². The first-order valence-corrected chi connectivity index (χ1v) is 24.0. The summed E-state index contributed by atoms with van der Waals surface area (Å²) in [6.07, 6.45) is 9.98. The lowest BCUT2D eigenvalue weighted by atomic mass is 9.59. The number of H-pyrrole nitrogens is 1. The number of hydrogen-bond donors (Lipinski definition) is 3. The van der Waals surface area contributed by atoms with Gasteiger partial charge in [-0.1, -0.05) is 68.4 Å². The van der Waals surface area contributed by atoms with Crippen LogP contribution in [0.4, 0.5) is 28.4 Å². The Bertz CT molecular complexity index is 2730. The van der Waals surface area contributed by atoms with Crippen molar-refractivity contribution in [2.24, 2.45) is 10.6 Å². The smallest absolute Gasteiger partial charge is 0.263 e. The van der Waals surface area contributed by atoms with Crippen LogP contribution in [-0.4, -0.2) is 77.2 Å². The van der Waals surface area contributed by atoms with Crippen LogP contribution in [0.25, 0.3) is 11.0 Å². The zero-order valence-electron chi connectivity index (χ0n) is 37.0. The van der Waals surface area contributed by atoms with Gasteiger partial charge in [0.15, 0.2) is 0 Å². The first-order chi connectivity index (χ1) is 31.8. The van der Waals surface area contributed by atoms with Gasteiger partial charge in [-0.05, 0) is 115 Å². The Morgan fingerprint density at radius 2 is 1.75 bits per heavy atom. The Kier molecular flexibility index (Phi) is 11.1. The molecule has 14 heteroatoms. The number of piperidine rings is 1. The van der Waals surface area contributed by atoms with Gasteiger partial charge in [-0.15, -0.1) is 4.91 Å². The molecular weight excluding hydrogens is 835 g/mol. The van der Waals surface area contributed by atoms with E-state index in [0.717, 1.165) is 78.0 Å². The molecule has 0 bridgehead atoms. The molecule has 4 aliphatic heterocycles. The van der Waals surface area contributed by atoms with Crippen molar-refractivity contribution in [3.63, 3.8) is 0 Å². The van der Waals surface area contributed by atoms with Crippen LogP contribution in [-0.2, 0) is 6.42 Å². The average molecular weight is 890 g/mol. The molecular formula is C51H55N9O4S. The number of anilines is 4. The van der Waals surface area contributed by atoms with Crippen LogP contribution in [0.15, 0.2) is 107 Å². The van der Waals surface area contributed by atoms with Crippen LogP contribution >= 0.6 is 11.9 Å². The summed E-state index contributed by atoms with van der Waals surface area (Å²) in [4.78, 5) is 46.6. The number of aromatic amines is 1. The summed E-state index contributed by atoms with van der Waals surface area (Å²) in [5.74, 6) is 1.04. The highest BCUT2D eigenvalue weighted by Gasteiger charge is 2.50. The van der Waals surface area contributed by atoms with E-state index in [-0.39, 0.29) is 23.5 Å². The Morgan fingerprint density at radius 1 is 0.923 bits per heavy atom. The number of likely N-dealkylation sites (tertiary alicyclic amines) is 1. The molecule has 2 atom stereocenters. The highest BCUT2D eigenvalue weighted by Crippen LogP contribution is 2.54. The van der Waals surface area contributed by atoms with Crippen LogP contribution in [0, 0.1) is 10.3 Å². The van der Waals surface area contributed by atoms with E-state index in [9.17, 15) is 9.70 Å². The number of aromatic nitrogens is 3. The van der Waals surface area contributed by atoms with Gasteiger partial charge in [-0.25, -0.2) is 4.98 Å². The summed E-state index contributed by atoms with van der Waals surface area (Å²) in [6.45, 7) is 9.12. The normalized spacial score (nSPS) is 20.4. The van der Waals surface area contributed by atoms with Gasteiger partial charge in [0.2, 0.25) is 11.8 Å². The molecule has 3 fully saturated rings. The number of ether oxygens (including phenoxy) is 2. The molecule has 11 rings (SSSR count). The molecule has 1 unspecified atom stereocenters. The van der Waals surface area contributed by atoms with Crippen LogP contribution in [0.1, 0.15) is 91.4 Å². The lowest BCUT2D eigenvalue weighted by molar-refractivity contribution is -0.0227. The van der Waals surface area contributed by atoms with Crippen molar-refractivity contribution >= 4 is 57.3 Å². The summed E-state index contributed by atoms with van der Waals surface area (Å²) in [5.41, 5.74) is 9.16. The van der Waals surface area contributed by atoms with Crippen LogP contribution in [0.5, 0.6) is 11.8 Å². The van der Waals surface area contributed by atoms with E-state index in [2.05, 4.69) is 108 Å². The lowest BCUT2D eigenvalue weighted by Gasteiger charge is -2.56. The first kappa shape index (κ1) is 41.6. The highest BCUT2D eigenvalue weighted by molar-refractivity contribution is 7.97. The zero-order valence-corrected chi connectivity index (χ0v) is 37.8. The third-order valence-corrected chi connectivity index (χ3v) is 15.2. The molecule has 13 nitrogen and oxygen atoms in total. The van der Waals surface area contributed by atoms with E-state index in [4.69, 9.17) is 14.5 Å². The summed E-state index contributed by atoms with van der Waals surface area (Å²) >= 11 is 1.03.